The standard InChI is InChI=1S/C18H23FN4O.ClH/c1-21-11-3-2-6-23(9-11)15-5-4-12(18(20)24)17-16(15)13-7-10(19)8-14(13)22-17;/h4-5,10-11,21-22H,2-3,6-9H2,1H3,(H2,20,24);1H/t10?,11-;/m0./s1. The molecule has 0 saturated carbocycles. The normalized spacial score (nSPS) is 22.7. The van der Waals surface area contributed by atoms with Gasteiger partial charge in [0.05, 0.1) is 11.1 Å². The fourth-order valence-electron chi connectivity index (χ4n) is 4.22. The molecule has 5 nitrogen and oxygen atoms in total. The number of likely N-dealkylation sites (N-methyl/N-ethyl adjacent to an activating group) is 1. The van der Waals surface area contributed by atoms with Crippen molar-refractivity contribution in [2.75, 3.05) is 25.0 Å². The summed E-state index contributed by atoms with van der Waals surface area (Å²) in [5.41, 5.74) is 9.81. The number of aromatic amines is 1. The van der Waals surface area contributed by atoms with E-state index in [1.165, 1.54) is 0 Å². The molecule has 1 aliphatic carbocycles. The first kappa shape index (κ1) is 18.0. The molecule has 0 spiro atoms. The number of aromatic nitrogens is 1. The monoisotopic (exact) mass is 366 g/mol. The van der Waals surface area contributed by atoms with Gasteiger partial charge in [0.15, 0.2) is 0 Å². The lowest BCUT2D eigenvalue weighted by Crippen LogP contribution is -2.44. The Morgan fingerprint density at radius 1 is 1.40 bits per heavy atom. The Morgan fingerprint density at radius 3 is 2.92 bits per heavy atom. The number of hydrogen-bond donors (Lipinski definition) is 3. The molecule has 1 amide bonds. The van der Waals surface area contributed by atoms with Gasteiger partial charge in [0, 0.05) is 48.7 Å². The first-order valence-corrected chi connectivity index (χ1v) is 8.61. The van der Waals surface area contributed by atoms with E-state index in [0.717, 1.165) is 53.8 Å². The van der Waals surface area contributed by atoms with Crippen LogP contribution in [0, 0.1) is 0 Å². The van der Waals surface area contributed by atoms with Gasteiger partial charge < -0.3 is 20.9 Å². The van der Waals surface area contributed by atoms with Crippen LogP contribution in [0.25, 0.3) is 10.9 Å². The number of fused-ring (bicyclic) bond motifs is 3. The Balaban J connectivity index is 0.00000182. The highest BCUT2D eigenvalue weighted by Crippen LogP contribution is 2.39. The zero-order chi connectivity index (χ0) is 16.8. The van der Waals surface area contributed by atoms with E-state index in [-0.39, 0.29) is 12.4 Å². The Morgan fingerprint density at radius 2 is 2.20 bits per heavy atom. The SMILES string of the molecule is CN[C@H]1CCCN(c2ccc(C(N)=O)c3[nH]c4c(c23)CC(F)C4)C1.Cl. The van der Waals surface area contributed by atoms with Crippen LogP contribution in [0.3, 0.4) is 0 Å². The highest BCUT2D eigenvalue weighted by molar-refractivity contribution is 6.10. The molecule has 1 aromatic heterocycles. The number of nitrogens with zero attached hydrogens (tertiary/aromatic N) is 1. The van der Waals surface area contributed by atoms with Crippen molar-refractivity contribution in [3.63, 3.8) is 0 Å². The van der Waals surface area contributed by atoms with E-state index >= 15 is 0 Å². The molecular formula is C18H24ClFN4O. The number of carbonyl (C=O) groups excluding carboxylic acids is 1. The van der Waals surface area contributed by atoms with Crippen LogP contribution in [0.15, 0.2) is 12.1 Å². The average Bonchev–Trinajstić information content (AvgIpc) is 3.09. The summed E-state index contributed by atoms with van der Waals surface area (Å²) in [6.45, 7) is 1.89. The molecule has 1 unspecified atom stereocenters. The first-order valence-electron chi connectivity index (χ1n) is 8.61. The predicted octanol–water partition coefficient (Wildman–Crippen LogP) is 2.31. The number of anilines is 1. The first-order chi connectivity index (χ1) is 11.6. The van der Waals surface area contributed by atoms with E-state index in [9.17, 15) is 9.18 Å². The Bertz CT molecular complexity index is 806. The van der Waals surface area contributed by atoms with Crippen LogP contribution >= 0.6 is 12.4 Å². The van der Waals surface area contributed by atoms with Gasteiger partial charge in [-0.3, -0.25) is 4.79 Å². The fourth-order valence-corrected chi connectivity index (χ4v) is 4.22. The van der Waals surface area contributed by atoms with Crippen LogP contribution < -0.4 is 16.0 Å². The molecular weight excluding hydrogens is 343 g/mol. The summed E-state index contributed by atoms with van der Waals surface area (Å²) in [4.78, 5) is 17.4. The number of piperidine rings is 1. The molecule has 2 atom stereocenters. The third-order valence-corrected chi connectivity index (χ3v) is 5.41. The number of primary amides is 1. The number of alkyl halides is 1. The second-order valence-corrected chi connectivity index (χ2v) is 6.91. The van der Waals surface area contributed by atoms with Gasteiger partial charge in [-0.25, -0.2) is 4.39 Å². The Kier molecular flexibility index (Phi) is 4.93. The van der Waals surface area contributed by atoms with E-state index in [0.29, 0.717) is 24.4 Å². The molecule has 1 fully saturated rings. The van der Waals surface area contributed by atoms with Gasteiger partial charge in [0.2, 0.25) is 0 Å². The van der Waals surface area contributed by atoms with Gasteiger partial charge in [-0.1, -0.05) is 0 Å². The number of halogens is 2. The van der Waals surface area contributed by atoms with Crippen LogP contribution in [0.5, 0.6) is 0 Å². The molecule has 0 bridgehead atoms. The quantitative estimate of drug-likeness (QED) is 0.780. The fraction of sp³-hybridized carbons (Fsp3) is 0.500. The molecule has 25 heavy (non-hydrogen) atoms. The topological polar surface area (TPSA) is 74.2 Å². The van der Waals surface area contributed by atoms with Crippen LogP contribution in [-0.2, 0) is 12.8 Å². The molecule has 4 N–H and O–H groups in total. The molecule has 7 heteroatoms. The molecule has 2 aromatic rings. The minimum absolute atomic E-state index is 0. The number of rotatable bonds is 3. The summed E-state index contributed by atoms with van der Waals surface area (Å²) in [7, 11) is 1.99. The van der Waals surface area contributed by atoms with Gasteiger partial charge in [-0.15, -0.1) is 12.4 Å². The van der Waals surface area contributed by atoms with Crippen molar-refractivity contribution in [1.29, 1.82) is 0 Å². The summed E-state index contributed by atoms with van der Waals surface area (Å²) in [5.74, 6) is -0.449. The lowest BCUT2D eigenvalue weighted by Gasteiger charge is -2.35. The van der Waals surface area contributed by atoms with E-state index in [4.69, 9.17) is 5.73 Å². The third-order valence-electron chi connectivity index (χ3n) is 5.41. The summed E-state index contributed by atoms with van der Waals surface area (Å²) >= 11 is 0. The molecule has 2 aliphatic rings. The lowest BCUT2D eigenvalue weighted by atomic mass is 10.0. The van der Waals surface area contributed by atoms with E-state index < -0.39 is 12.1 Å². The molecule has 136 valence electrons. The second kappa shape index (κ2) is 6.84. The highest BCUT2D eigenvalue weighted by atomic mass is 35.5. The molecule has 1 aliphatic heterocycles. The second-order valence-electron chi connectivity index (χ2n) is 6.91. The van der Waals surface area contributed by atoms with Gasteiger partial charge in [0.25, 0.3) is 5.91 Å². The Labute approximate surface area is 152 Å². The maximum Gasteiger partial charge on any atom is 0.250 e. The van der Waals surface area contributed by atoms with Crippen molar-refractivity contribution in [3.05, 3.63) is 29.0 Å². The number of carbonyl (C=O) groups is 1. The van der Waals surface area contributed by atoms with Crippen molar-refractivity contribution in [1.82, 2.24) is 10.3 Å². The third kappa shape index (κ3) is 2.98. The molecule has 2 heterocycles. The smallest absolute Gasteiger partial charge is 0.250 e. The lowest BCUT2D eigenvalue weighted by molar-refractivity contribution is 0.100. The van der Waals surface area contributed by atoms with Crippen LogP contribution in [-0.4, -0.2) is 43.2 Å². The van der Waals surface area contributed by atoms with Crippen molar-refractivity contribution in [3.8, 4) is 0 Å². The van der Waals surface area contributed by atoms with Crippen molar-refractivity contribution < 1.29 is 9.18 Å². The van der Waals surface area contributed by atoms with Gasteiger partial charge in [0.1, 0.15) is 6.17 Å². The van der Waals surface area contributed by atoms with Gasteiger partial charge in [-0.05, 0) is 37.6 Å². The molecule has 0 radical (unpaired) electrons. The number of benzene rings is 1. The summed E-state index contributed by atoms with van der Waals surface area (Å²) in [5, 5.41) is 4.34. The largest absolute Gasteiger partial charge is 0.369 e. The minimum atomic E-state index is -0.841. The number of nitrogens with two attached hydrogens (primary N) is 1. The maximum atomic E-state index is 13.9. The summed E-state index contributed by atoms with van der Waals surface area (Å²) in [6, 6.07) is 4.22. The number of amides is 1. The summed E-state index contributed by atoms with van der Waals surface area (Å²) in [6.07, 6.45) is 2.23. The minimum Gasteiger partial charge on any atom is -0.369 e. The number of hydrogen-bond acceptors (Lipinski definition) is 3. The molecule has 1 saturated heterocycles. The Hall–Kier alpha value is -1.79. The molecule has 1 aromatic carbocycles. The van der Waals surface area contributed by atoms with E-state index in [1.54, 1.807) is 6.07 Å². The maximum absolute atomic E-state index is 13.9. The predicted molar refractivity (Wildman–Crippen MR) is 101 cm³/mol. The highest BCUT2D eigenvalue weighted by Gasteiger charge is 2.30. The van der Waals surface area contributed by atoms with E-state index in [1.807, 2.05) is 13.1 Å². The van der Waals surface area contributed by atoms with Crippen molar-refractivity contribution >= 4 is 34.9 Å². The number of H-pyrrole nitrogens is 1. The van der Waals surface area contributed by atoms with Crippen LogP contribution in [0.2, 0.25) is 0 Å². The van der Waals surface area contributed by atoms with Crippen molar-refractivity contribution in [2.45, 2.75) is 37.9 Å². The number of nitrogens with one attached hydrogen (secondary N) is 2. The van der Waals surface area contributed by atoms with Crippen LogP contribution in [0.1, 0.15) is 34.5 Å². The van der Waals surface area contributed by atoms with Crippen molar-refractivity contribution in [2.24, 2.45) is 5.73 Å². The average molecular weight is 367 g/mol. The van der Waals surface area contributed by atoms with Gasteiger partial charge in [-0.2, -0.15) is 0 Å². The zero-order valence-corrected chi connectivity index (χ0v) is 15.1. The molecule has 4 rings (SSSR count). The van der Waals surface area contributed by atoms with Gasteiger partial charge >= 0.3 is 0 Å². The van der Waals surface area contributed by atoms with E-state index in [2.05, 4.69) is 15.2 Å². The zero-order valence-electron chi connectivity index (χ0n) is 14.3. The summed E-state index contributed by atoms with van der Waals surface area (Å²) < 4.78 is 13.9. The van der Waals surface area contributed by atoms with Crippen LogP contribution in [0.4, 0.5) is 10.1 Å².